The van der Waals surface area contributed by atoms with E-state index in [9.17, 15) is 4.79 Å². The summed E-state index contributed by atoms with van der Waals surface area (Å²) in [5, 5.41) is 3.36. The lowest BCUT2D eigenvalue weighted by Gasteiger charge is -2.35. The van der Waals surface area contributed by atoms with Crippen molar-refractivity contribution >= 4 is 36.0 Å². The van der Waals surface area contributed by atoms with Crippen molar-refractivity contribution in [1.82, 2.24) is 24.7 Å². The predicted octanol–water partition coefficient (Wildman–Crippen LogP) is 2.79. The first-order chi connectivity index (χ1) is 14.2. The van der Waals surface area contributed by atoms with Gasteiger partial charge >= 0.3 is 6.09 Å². The number of ether oxygens (including phenoxy) is 1. The lowest BCUT2D eigenvalue weighted by molar-refractivity contribution is 0.0914. The monoisotopic (exact) mass is 526 g/mol. The molecule has 0 saturated carbocycles. The number of hydrogen-bond donors (Lipinski definition) is 1. The molecule has 0 radical (unpaired) electrons. The molecule has 1 N–H and O–H groups in total. The minimum Gasteiger partial charge on any atom is -0.450 e. The topological polar surface area (TPSA) is 75.0 Å². The minimum absolute atomic E-state index is 0. The number of guanidine groups is 1. The standard InChI is InChI=1S/C21H30N6O2.HI/c1-3-22-20(25-12-14-26(15-13-25)21(28)29-4-2)24-16-19-23-10-11-27(19)17-18-8-6-5-7-9-18;/h5-11H,3-4,12-17H2,1-2H3,(H,22,24);1H. The molecule has 8 nitrogen and oxygen atoms in total. The molecule has 1 aromatic heterocycles. The largest absolute Gasteiger partial charge is 0.450 e. The third kappa shape index (κ3) is 6.61. The third-order valence-electron chi connectivity index (χ3n) is 4.81. The number of carbonyl (C=O) groups excluding carboxylic acids is 1. The molecule has 30 heavy (non-hydrogen) atoms. The van der Waals surface area contributed by atoms with Gasteiger partial charge in [-0.05, 0) is 19.4 Å². The van der Waals surface area contributed by atoms with Gasteiger partial charge in [0.15, 0.2) is 5.96 Å². The molecule has 1 fully saturated rings. The van der Waals surface area contributed by atoms with E-state index >= 15 is 0 Å². The van der Waals surface area contributed by atoms with Crippen molar-refractivity contribution in [1.29, 1.82) is 0 Å². The first-order valence-corrected chi connectivity index (χ1v) is 10.2. The number of hydrogen-bond acceptors (Lipinski definition) is 4. The highest BCUT2D eigenvalue weighted by Crippen LogP contribution is 2.08. The highest BCUT2D eigenvalue weighted by molar-refractivity contribution is 14.0. The molecule has 0 bridgehead atoms. The summed E-state index contributed by atoms with van der Waals surface area (Å²) in [6.45, 7) is 9.06. The van der Waals surface area contributed by atoms with E-state index in [4.69, 9.17) is 9.73 Å². The van der Waals surface area contributed by atoms with Crippen molar-refractivity contribution in [2.75, 3.05) is 39.3 Å². The van der Waals surface area contributed by atoms with E-state index < -0.39 is 0 Å². The van der Waals surface area contributed by atoms with Crippen molar-refractivity contribution < 1.29 is 9.53 Å². The Labute approximate surface area is 195 Å². The van der Waals surface area contributed by atoms with Crippen LogP contribution in [0.5, 0.6) is 0 Å². The molecule has 1 aliphatic rings. The number of nitrogens with zero attached hydrogens (tertiary/aromatic N) is 5. The fourth-order valence-corrected chi connectivity index (χ4v) is 3.30. The van der Waals surface area contributed by atoms with Crippen LogP contribution in [-0.2, 0) is 17.8 Å². The van der Waals surface area contributed by atoms with Crippen LogP contribution in [-0.4, -0.2) is 70.7 Å². The highest BCUT2D eigenvalue weighted by Gasteiger charge is 2.23. The van der Waals surface area contributed by atoms with Crippen LogP contribution in [0.1, 0.15) is 25.2 Å². The van der Waals surface area contributed by atoms with Gasteiger partial charge in [-0.15, -0.1) is 24.0 Å². The lowest BCUT2D eigenvalue weighted by atomic mass is 10.2. The van der Waals surface area contributed by atoms with Gasteiger partial charge in [-0.25, -0.2) is 14.8 Å². The normalized spacial score (nSPS) is 14.3. The number of benzene rings is 1. The summed E-state index contributed by atoms with van der Waals surface area (Å²) in [6, 6.07) is 10.3. The fourth-order valence-electron chi connectivity index (χ4n) is 3.30. The van der Waals surface area contributed by atoms with E-state index in [1.807, 2.05) is 37.5 Å². The number of imidazole rings is 1. The lowest BCUT2D eigenvalue weighted by Crippen LogP contribution is -2.53. The number of amides is 1. The van der Waals surface area contributed by atoms with Crippen LogP contribution in [0, 0.1) is 0 Å². The number of halogens is 1. The van der Waals surface area contributed by atoms with Gasteiger partial charge in [0, 0.05) is 51.7 Å². The first kappa shape index (κ1) is 24.0. The van der Waals surface area contributed by atoms with Gasteiger partial charge < -0.3 is 24.4 Å². The van der Waals surface area contributed by atoms with Gasteiger partial charge in [0.2, 0.25) is 0 Å². The molecule has 2 heterocycles. The summed E-state index contributed by atoms with van der Waals surface area (Å²) in [5.41, 5.74) is 1.23. The van der Waals surface area contributed by atoms with Crippen molar-refractivity contribution in [3.63, 3.8) is 0 Å². The summed E-state index contributed by atoms with van der Waals surface area (Å²) in [6.07, 6.45) is 3.57. The van der Waals surface area contributed by atoms with Crippen LogP contribution in [0.25, 0.3) is 0 Å². The summed E-state index contributed by atoms with van der Waals surface area (Å²) in [7, 11) is 0. The minimum atomic E-state index is -0.239. The van der Waals surface area contributed by atoms with E-state index in [0.29, 0.717) is 26.2 Å². The van der Waals surface area contributed by atoms with E-state index in [1.54, 1.807) is 4.90 Å². The summed E-state index contributed by atoms with van der Waals surface area (Å²) in [4.78, 5) is 25.1. The number of rotatable bonds is 6. The molecule has 0 aliphatic carbocycles. The van der Waals surface area contributed by atoms with Gasteiger partial charge in [0.05, 0.1) is 6.61 Å². The maximum absolute atomic E-state index is 11.9. The molecule has 1 aliphatic heterocycles. The Morgan fingerprint density at radius 2 is 1.83 bits per heavy atom. The van der Waals surface area contributed by atoms with Crippen molar-refractivity contribution in [2.24, 2.45) is 4.99 Å². The Kier molecular flexibility index (Phi) is 9.92. The van der Waals surface area contributed by atoms with Gasteiger partial charge in [-0.3, -0.25) is 0 Å². The molecule has 164 valence electrons. The Bertz CT molecular complexity index is 803. The Hall–Kier alpha value is -2.30. The molecule has 0 unspecified atom stereocenters. The molecule has 0 spiro atoms. The number of piperazine rings is 1. The van der Waals surface area contributed by atoms with E-state index in [-0.39, 0.29) is 30.1 Å². The van der Waals surface area contributed by atoms with Gasteiger partial charge in [-0.2, -0.15) is 0 Å². The molecule has 2 aromatic rings. The fraction of sp³-hybridized carbons (Fsp3) is 0.476. The average molecular weight is 526 g/mol. The summed E-state index contributed by atoms with van der Waals surface area (Å²) < 4.78 is 7.22. The second kappa shape index (κ2) is 12.4. The Morgan fingerprint density at radius 1 is 1.13 bits per heavy atom. The first-order valence-electron chi connectivity index (χ1n) is 10.2. The zero-order chi connectivity index (χ0) is 20.5. The summed E-state index contributed by atoms with van der Waals surface area (Å²) >= 11 is 0. The quantitative estimate of drug-likeness (QED) is 0.356. The number of nitrogens with one attached hydrogen (secondary N) is 1. The maximum Gasteiger partial charge on any atom is 0.409 e. The maximum atomic E-state index is 11.9. The van der Waals surface area contributed by atoms with Crippen LogP contribution < -0.4 is 5.32 Å². The molecular weight excluding hydrogens is 495 g/mol. The highest BCUT2D eigenvalue weighted by atomic mass is 127. The van der Waals surface area contributed by atoms with Gasteiger partial charge in [0.25, 0.3) is 0 Å². The zero-order valence-electron chi connectivity index (χ0n) is 17.7. The van der Waals surface area contributed by atoms with Crippen LogP contribution in [0.15, 0.2) is 47.7 Å². The Morgan fingerprint density at radius 3 is 2.50 bits per heavy atom. The average Bonchev–Trinajstić information content (AvgIpc) is 3.19. The van der Waals surface area contributed by atoms with Crippen molar-refractivity contribution in [3.05, 3.63) is 54.1 Å². The smallest absolute Gasteiger partial charge is 0.409 e. The predicted molar refractivity (Wildman–Crippen MR) is 128 cm³/mol. The van der Waals surface area contributed by atoms with Crippen molar-refractivity contribution in [2.45, 2.75) is 26.9 Å². The van der Waals surface area contributed by atoms with Crippen LogP contribution in [0.3, 0.4) is 0 Å². The van der Waals surface area contributed by atoms with Crippen LogP contribution in [0.4, 0.5) is 4.79 Å². The third-order valence-corrected chi connectivity index (χ3v) is 4.81. The molecule has 3 rings (SSSR count). The van der Waals surface area contributed by atoms with E-state index in [0.717, 1.165) is 38.0 Å². The number of carbonyl (C=O) groups is 1. The molecular formula is C21H31IN6O2. The van der Waals surface area contributed by atoms with Crippen LogP contribution >= 0.6 is 24.0 Å². The summed E-state index contributed by atoms with van der Waals surface area (Å²) in [5.74, 6) is 1.78. The van der Waals surface area contributed by atoms with Crippen molar-refractivity contribution in [3.8, 4) is 0 Å². The SMILES string of the molecule is CCNC(=NCc1nccn1Cc1ccccc1)N1CCN(C(=O)OCC)CC1.I. The van der Waals surface area contributed by atoms with Gasteiger partial charge in [-0.1, -0.05) is 30.3 Å². The number of aliphatic imine (C=N–C) groups is 1. The second-order valence-electron chi connectivity index (χ2n) is 6.80. The van der Waals surface area contributed by atoms with E-state index in [2.05, 4.69) is 38.8 Å². The zero-order valence-corrected chi connectivity index (χ0v) is 20.0. The molecule has 1 saturated heterocycles. The molecule has 1 aromatic carbocycles. The molecule has 9 heteroatoms. The van der Waals surface area contributed by atoms with Crippen LogP contribution in [0.2, 0.25) is 0 Å². The molecule has 0 atom stereocenters. The number of aromatic nitrogens is 2. The van der Waals surface area contributed by atoms with Gasteiger partial charge in [0.1, 0.15) is 12.4 Å². The second-order valence-corrected chi connectivity index (χ2v) is 6.80. The Balaban J connectivity index is 0.00000320. The van der Waals surface area contributed by atoms with E-state index in [1.165, 1.54) is 5.56 Å². The molecule has 1 amide bonds.